The normalized spacial score (nSPS) is 11.2. The number of unbranched alkanes of at least 4 members (excludes halogenated alkanes) is 2. The Labute approximate surface area is 213 Å². The second kappa shape index (κ2) is 13.2. The number of amides is 1. The second-order valence-electron chi connectivity index (χ2n) is 7.64. The number of aryl methyl sites for hydroxylation is 2. The lowest BCUT2D eigenvalue weighted by molar-refractivity contribution is -0.299. The highest BCUT2D eigenvalue weighted by atomic mass is 79.9. The number of methoxy groups -OCH3 is 1. The summed E-state index contributed by atoms with van der Waals surface area (Å²) in [5.74, 6) is -0.782. The Balaban J connectivity index is 2.13. The molecule has 0 aliphatic carbocycles. The molecule has 0 spiro atoms. The Kier molecular flexibility index (Phi) is 10.7. The monoisotopic (exact) mass is 552 g/mol. The smallest absolute Gasteiger partial charge is 0.262 e. The van der Waals surface area contributed by atoms with E-state index in [1.54, 1.807) is 24.3 Å². The highest BCUT2D eigenvalue weighted by Gasteiger charge is 2.13. The van der Waals surface area contributed by atoms with Gasteiger partial charge in [-0.3, -0.25) is 4.79 Å². The molecule has 9 heteroatoms. The number of hydrogen-bond donors (Lipinski definition) is 1. The van der Waals surface area contributed by atoms with Crippen molar-refractivity contribution in [2.75, 3.05) is 20.3 Å². The lowest BCUT2D eigenvalue weighted by atomic mass is 10.1. The first-order chi connectivity index (χ1) is 16.2. The number of carbonyl (C=O) groups excluding carboxylic acids is 2. The maximum absolute atomic E-state index is 12.3. The summed E-state index contributed by atoms with van der Waals surface area (Å²) in [5.41, 5.74) is 1.67. The van der Waals surface area contributed by atoms with Gasteiger partial charge in [-0.25, -0.2) is 0 Å². The molecule has 0 radical (unpaired) electrons. The number of halogens is 2. The van der Waals surface area contributed by atoms with Gasteiger partial charge in [-0.2, -0.15) is 0 Å². The molecule has 7 nitrogen and oxygen atoms in total. The second-order valence-corrected chi connectivity index (χ2v) is 8.88. The third-order valence-electron chi connectivity index (χ3n) is 4.83. The molecule has 0 saturated heterocycles. The molecule has 2 aromatic rings. The van der Waals surface area contributed by atoms with Crippen LogP contribution in [0.25, 0.3) is 6.08 Å². The topological polar surface area (TPSA) is 96.9 Å². The van der Waals surface area contributed by atoms with Gasteiger partial charge in [-0.1, -0.05) is 31.4 Å². The third-order valence-corrected chi connectivity index (χ3v) is 6.02. The molecule has 1 N–H and O–H groups in total. The molecule has 0 aliphatic rings. The number of ether oxygens (including phenoxy) is 3. The number of rotatable bonds is 12. The Morgan fingerprint density at radius 3 is 2.38 bits per heavy atom. The number of hydrogen-bond acceptors (Lipinski definition) is 6. The zero-order chi connectivity index (χ0) is 25.3. The summed E-state index contributed by atoms with van der Waals surface area (Å²) in [7, 11) is 1.49. The summed E-state index contributed by atoms with van der Waals surface area (Å²) in [6.07, 6.45) is 4.31. The number of carboxylic acid groups (broad SMARTS) is 1. The van der Waals surface area contributed by atoms with Crippen LogP contribution in [0.5, 0.6) is 17.2 Å². The van der Waals surface area contributed by atoms with Gasteiger partial charge in [0, 0.05) is 5.02 Å². The number of carbonyl (C=O) groups is 2. The van der Waals surface area contributed by atoms with E-state index in [1.807, 2.05) is 13.8 Å². The minimum absolute atomic E-state index is 0.386. The zero-order valence-electron chi connectivity index (χ0n) is 19.6. The van der Waals surface area contributed by atoms with Gasteiger partial charge in [0.05, 0.1) is 29.9 Å². The van der Waals surface area contributed by atoms with Gasteiger partial charge in [-0.05, 0) is 83.2 Å². The minimum Gasteiger partial charge on any atom is -0.543 e. The van der Waals surface area contributed by atoms with Crippen LogP contribution in [0.4, 0.5) is 0 Å². The van der Waals surface area contributed by atoms with E-state index in [0.29, 0.717) is 38.9 Å². The largest absolute Gasteiger partial charge is 0.543 e. The number of aliphatic carboxylic acids is 1. The zero-order valence-corrected chi connectivity index (χ0v) is 22.0. The molecule has 0 saturated carbocycles. The van der Waals surface area contributed by atoms with Gasteiger partial charge >= 0.3 is 0 Å². The van der Waals surface area contributed by atoms with Crippen LogP contribution in [0.1, 0.15) is 42.9 Å². The predicted octanol–water partition coefficient (Wildman–Crippen LogP) is 4.58. The highest BCUT2D eigenvalue weighted by molar-refractivity contribution is 9.10. The molecule has 0 aromatic heterocycles. The third kappa shape index (κ3) is 7.95. The molecule has 2 rings (SSSR count). The molecule has 1 amide bonds. The molecule has 34 heavy (non-hydrogen) atoms. The molecule has 0 fully saturated rings. The van der Waals surface area contributed by atoms with Gasteiger partial charge in [0.15, 0.2) is 18.1 Å². The summed E-state index contributed by atoms with van der Waals surface area (Å²) < 4.78 is 17.3. The van der Waals surface area contributed by atoms with Crippen LogP contribution in [0.15, 0.2) is 34.4 Å². The first kappa shape index (κ1) is 27.5. The number of benzene rings is 2. The molecule has 0 bridgehead atoms. The Morgan fingerprint density at radius 1 is 1.12 bits per heavy atom. The van der Waals surface area contributed by atoms with E-state index in [1.165, 1.54) is 13.2 Å². The Morgan fingerprint density at radius 2 is 1.79 bits per heavy atom. The van der Waals surface area contributed by atoms with E-state index in [-0.39, 0.29) is 6.61 Å². The van der Waals surface area contributed by atoms with Gasteiger partial charge in [0.25, 0.3) is 5.91 Å². The fourth-order valence-corrected chi connectivity index (χ4v) is 3.81. The van der Waals surface area contributed by atoms with Crippen molar-refractivity contribution >= 4 is 45.5 Å². The average molecular weight is 554 g/mol. The standard InChI is InChI=1S/C25H29BrClNO6/c1-5-6-7-8-33-24-19(26)11-17(13-21(24)32-4)12-20(25(30)31)28-22(29)14-34-18-9-15(2)23(27)16(3)10-18/h9-13H,5-8,14H2,1-4H3,(H,28,29)(H,30,31)/p-1/b20-12+. The van der Waals surface area contributed by atoms with Crippen molar-refractivity contribution in [3.63, 3.8) is 0 Å². The predicted molar refractivity (Wildman–Crippen MR) is 133 cm³/mol. The van der Waals surface area contributed by atoms with E-state index in [2.05, 4.69) is 28.2 Å². The minimum atomic E-state index is -1.54. The van der Waals surface area contributed by atoms with E-state index in [9.17, 15) is 14.7 Å². The van der Waals surface area contributed by atoms with Gasteiger partial charge in [0.2, 0.25) is 0 Å². The van der Waals surface area contributed by atoms with E-state index in [0.717, 1.165) is 30.4 Å². The van der Waals surface area contributed by atoms with Crippen molar-refractivity contribution in [3.8, 4) is 17.2 Å². The molecular weight excluding hydrogens is 526 g/mol. The first-order valence-electron chi connectivity index (χ1n) is 10.8. The van der Waals surface area contributed by atoms with Crippen LogP contribution in [0.2, 0.25) is 5.02 Å². The van der Waals surface area contributed by atoms with Crippen molar-refractivity contribution in [2.24, 2.45) is 0 Å². The summed E-state index contributed by atoms with van der Waals surface area (Å²) in [6, 6.07) is 6.69. The van der Waals surface area contributed by atoms with Crippen LogP contribution in [0.3, 0.4) is 0 Å². The molecule has 0 unspecified atom stereocenters. The SMILES string of the molecule is CCCCCOc1c(Br)cc(/C=C(/NC(=O)COc2cc(C)c(Cl)c(C)c2)C(=O)[O-])cc1OC. The van der Waals surface area contributed by atoms with Gasteiger partial charge in [0.1, 0.15) is 5.75 Å². The van der Waals surface area contributed by atoms with E-state index in [4.69, 9.17) is 25.8 Å². The Bertz CT molecular complexity index is 1050. The van der Waals surface area contributed by atoms with E-state index < -0.39 is 17.6 Å². The summed E-state index contributed by atoms with van der Waals surface area (Å²) in [5, 5.41) is 14.6. The lowest BCUT2D eigenvalue weighted by Crippen LogP contribution is -2.37. The average Bonchev–Trinajstić information content (AvgIpc) is 2.79. The maximum Gasteiger partial charge on any atom is 0.262 e. The molecule has 184 valence electrons. The molecule has 2 aromatic carbocycles. The van der Waals surface area contributed by atoms with Crippen molar-refractivity contribution < 1.29 is 28.9 Å². The molecule has 0 atom stereocenters. The lowest BCUT2D eigenvalue weighted by Gasteiger charge is -2.15. The maximum atomic E-state index is 12.3. The Hall–Kier alpha value is -2.71. The van der Waals surface area contributed by atoms with E-state index >= 15 is 0 Å². The molecule has 0 heterocycles. The van der Waals surface area contributed by atoms with Gasteiger partial charge in [-0.15, -0.1) is 0 Å². The van der Waals surface area contributed by atoms with Crippen molar-refractivity contribution in [1.82, 2.24) is 5.32 Å². The number of nitrogens with one attached hydrogen (secondary N) is 1. The quantitative estimate of drug-likeness (QED) is 0.305. The van der Waals surface area contributed by atoms with Crippen LogP contribution >= 0.6 is 27.5 Å². The van der Waals surface area contributed by atoms with Crippen LogP contribution in [0, 0.1) is 13.8 Å². The van der Waals surface area contributed by atoms with Crippen molar-refractivity contribution in [3.05, 3.63) is 56.1 Å². The van der Waals surface area contributed by atoms with Crippen molar-refractivity contribution in [1.29, 1.82) is 0 Å². The highest BCUT2D eigenvalue weighted by Crippen LogP contribution is 2.37. The molecule has 0 aliphatic heterocycles. The summed E-state index contributed by atoms with van der Waals surface area (Å²) >= 11 is 9.58. The van der Waals surface area contributed by atoms with Crippen LogP contribution in [-0.4, -0.2) is 32.2 Å². The number of carboxylic acids is 1. The fraction of sp³-hybridized carbons (Fsp3) is 0.360. The molecular formula is C25H28BrClNO6-. The fourth-order valence-electron chi connectivity index (χ4n) is 3.13. The first-order valence-corrected chi connectivity index (χ1v) is 12.0. The summed E-state index contributed by atoms with van der Waals surface area (Å²) in [6.45, 7) is 5.91. The van der Waals surface area contributed by atoms with Crippen LogP contribution < -0.4 is 24.6 Å². The van der Waals surface area contributed by atoms with Crippen LogP contribution in [-0.2, 0) is 9.59 Å². The summed E-state index contributed by atoms with van der Waals surface area (Å²) in [4.78, 5) is 24.0. The van der Waals surface area contributed by atoms with Crippen molar-refractivity contribution in [2.45, 2.75) is 40.0 Å². The van der Waals surface area contributed by atoms with Gasteiger partial charge < -0.3 is 29.4 Å².